The molecule has 0 bridgehead atoms. The number of carboxylic acid groups (broad SMARTS) is 4. The van der Waals surface area contributed by atoms with Gasteiger partial charge in [0.05, 0.1) is 11.5 Å². The number of fused-ring (bicyclic) bond motifs is 7. The minimum Gasteiger partial charge on any atom is -0.481 e. The van der Waals surface area contributed by atoms with E-state index in [2.05, 4.69) is 54.5 Å². The van der Waals surface area contributed by atoms with E-state index in [0.29, 0.717) is 25.2 Å². The minimum absolute atomic E-state index is 0.0127. The van der Waals surface area contributed by atoms with Gasteiger partial charge in [-0.15, -0.1) is 0 Å². The maximum Gasteiger partial charge on any atom is 0.361 e. The lowest BCUT2D eigenvalue weighted by molar-refractivity contribution is -0.339. The van der Waals surface area contributed by atoms with Gasteiger partial charge >= 0.3 is 23.9 Å². The highest BCUT2D eigenvalue weighted by atomic mass is 16.7. The molecule has 5 fully saturated rings. The first-order valence-electron chi connectivity index (χ1n) is 19.5. The predicted molar refractivity (Wildman–Crippen MR) is 190 cm³/mol. The fraction of sp³-hybridized carbons (Fsp3) is 0.850. The largest absolute Gasteiger partial charge is 0.481 e. The molecule has 1 aliphatic heterocycles. The van der Waals surface area contributed by atoms with Crippen LogP contribution < -0.4 is 0 Å². The van der Waals surface area contributed by atoms with Crippen LogP contribution in [0.5, 0.6) is 0 Å². The van der Waals surface area contributed by atoms with Crippen molar-refractivity contribution >= 4 is 23.9 Å². The lowest BCUT2D eigenvalue weighted by atomic mass is 9.33. The van der Waals surface area contributed by atoms with Crippen LogP contribution in [0.4, 0.5) is 0 Å². The molecule has 14 unspecified atom stereocenters. The van der Waals surface area contributed by atoms with Crippen molar-refractivity contribution in [1.29, 1.82) is 0 Å². The monoisotopic (exact) mass is 764 g/mol. The van der Waals surface area contributed by atoms with Crippen LogP contribution in [0.2, 0.25) is 0 Å². The summed E-state index contributed by atoms with van der Waals surface area (Å²) in [6.07, 6.45) is -1.60. The van der Waals surface area contributed by atoms with E-state index < -0.39 is 84.4 Å². The first-order chi connectivity index (χ1) is 24.9. The standard InChI is InChI=1S/C40H60O14/c1-35(2)14-16-40(34(49)50)17-15-38(6)20(21(40)18-35)8-9-23-37(5)12-11-24(36(3,4)22(37)10-13-39(23,38)7)52-32-27(44)28(26(43)29(54-32)30(45)46)53-33(31(47)48)51-19-25(41)42/h8,21-24,26-29,32-33,43-44H,9-19H2,1-7H3,(H,41,42)(H,45,46)(H,47,48)(H,49,50). The number of hydrogen-bond donors (Lipinski definition) is 6. The fourth-order valence-electron chi connectivity index (χ4n) is 12.8. The van der Waals surface area contributed by atoms with E-state index in [1.807, 2.05) is 0 Å². The molecular formula is C40H60O14. The van der Waals surface area contributed by atoms with Crippen molar-refractivity contribution in [2.75, 3.05) is 6.61 Å². The number of aliphatic hydroxyl groups is 2. The second-order valence-corrected chi connectivity index (χ2v) is 19.4. The second-order valence-electron chi connectivity index (χ2n) is 19.4. The molecule has 0 spiro atoms. The molecule has 6 rings (SSSR count). The van der Waals surface area contributed by atoms with Gasteiger partial charge in [0, 0.05) is 0 Å². The molecule has 14 heteroatoms. The third-order valence-corrected chi connectivity index (χ3v) is 15.9. The summed E-state index contributed by atoms with van der Waals surface area (Å²) in [6, 6.07) is 0. The molecule has 14 atom stereocenters. The van der Waals surface area contributed by atoms with Crippen molar-refractivity contribution in [3.8, 4) is 0 Å². The topological polar surface area (TPSA) is 227 Å². The summed E-state index contributed by atoms with van der Waals surface area (Å²) >= 11 is 0. The molecule has 6 N–H and O–H groups in total. The van der Waals surface area contributed by atoms with Crippen LogP contribution in [-0.4, -0.2) is 104 Å². The van der Waals surface area contributed by atoms with Gasteiger partial charge in [-0.3, -0.25) is 4.79 Å². The van der Waals surface area contributed by atoms with Gasteiger partial charge in [0.1, 0.15) is 24.9 Å². The van der Waals surface area contributed by atoms with E-state index in [9.17, 15) is 44.7 Å². The molecule has 0 aromatic heterocycles. The van der Waals surface area contributed by atoms with Crippen molar-refractivity contribution in [1.82, 2.24) is 0 Å². The average Bonchev–Trinajstić information content (AvgIpc) is 3.06. The van der Waals surface area contributed by atoms with Crippen molar-refractivity contribution < 1.29 is 68.8 Å². The molecule has 0 aromatic rings. The summed E-state index contributed by atoms with van der Waals surface area (Å²) in [5, 5.41) is 61.3. The van der Waals surface area contributed by atoms with E-state index in [4.69, 9.17) is 24.1 Å². The highest BCUT2D eigenvalue weighted by Crippen LogP contribution is 2.76. The van der Waals surface area contributed by atoms with Crippen LogP contribution in [0, 0.1) is 50.2 Å². The van der Waals surface area contributed by atoms with Gasteiger partial charge in [-0.05, 0) is 109 Å². The Hall–Kier alpha value is -2.62. The molecule has 4 saturated carbocycles. The van der Waals surface area contributed by atoms with Gasteiger partial charge in [-0.1, -0.05) is 60.1 Å². The normalized spacial score (nSPS) is 45.6. The number of allylic oxidation sites excluding steroid dienone is 2. The Morgan fingerprint density at radius 2 is 1.52 bits per heavy atom. The second kappa shape index (κ2) is 13.8. The van der Waals surface area contributed by atoms with Crippen molar-refractivity contribution in [3.63, 3.8) is 0 Å². The maximum atomic E-state index is 13.0. The van der Waals surface area contributed by atoms with Gasteiger partial charge in [-0.25, -0.2) is 14.4 Å². The van der Waals surface area contributed by atoms with Crippen molar-refractivity contribution in [3.05, 3.63) is 11.6 Å². The summed E-state index contributed by atoms with van der Waals surface area (Å²) in [6.45, 7) is 14.9. The molecule has 54 heavy (non-hydrogen) atoms. The molecule has 0 amide bonds. The summed E-state index contributed by atoms with van der Waals surface area (Å²) in [4.78, 5) is 48.0. The lowest BCUT2D eigenvalue weighted by Crippen LogP contribution is -2.66. The Morgan fingerprint density at radius 1 is 0.852 bits per heavy atom. The highest BCUT2D eigenvalue weighted by molar-refractivity contribution is 5.77. The molecular weight excluding hydrogens is 704 g/mol. The number of carboxylic acids is 4. The Balaban J connectivity index is 1.25. The van der Waals surface area contributed by atoms with Crippen LogP contribution in [0.25, 0.3) is 0 Å². The number of aliphatic carboxylic acids is 4. The molecule has 304 valence electrons. The molecule has 0 radical (unpaired) electrons. The number of rotatable bonds is 10. The maximum absolute atomic E-state index is 13.0. The Bertz CT molecular complexity index is 1560. The van der Waals surface area contributed by atoms with Crippen LogP contribution in [0.15, 0.2) is 11.6 Å². The molecule has 1 saturated heterocycles. The number of ether oxygens (including phenoxy) is 4. The third kappa shape index (κ3) is 6.31. The Kier molecular flexibility index (Phi) is 10.5. The van der Waals surface area contributed by atoms with Gasteiger partial charge < -0.3 is 49.6 Å². The lowest BCUT2D eigenvalue weighted by Gasteiger charge is -2.71. The van der Waals surface area contributed by atoms with E-state index in [0.717, 1.165) is 44.9 Å². The summed E-state index contributed by atoms with van der Waals surface area (Å²) < 4.78 is 22.2. The molecule has 1 heterocycles. The zero-order valence-corrected chi connectivity index (χ0v) is 32.6. The fourth-order valence-corrected chi connectivity index (χ4v) is 12.8. The zero-order valence-electron chi connectivity index (χ0n) is 32.6. The van der Waals surface area contributed by atoms with Crippen molar-refractivity contribution in [2.24, 2.45) is 50.2 Å². The Morgan fingerprint density at radius 3 is 2.13 bits per heavy atom. The SMILES string of the molecule is CC1(C)CCC2(C(=O)O)CCC3(C)C(=CCC4C5(C)CCC(OC6OC(C(=O)O)C(O)C(OC(OCC(=O)O)C(=O)O)C6O)C(C)(C)C5CCC43C)C2C1. The smallest absolute Gasteiger partial charge is 0.361 e. The van der Waals surface area contributed by atoms with E-state index in [1.54, 1.807) is 0 Å². The van der Waals surface area contributed by atoms with Gasteiger partial charge in [-0.2, -0.15) is 0 Å². The summed E-state index contributed by atoms with van der Waals surface area (Å²) in [5.74, 6) is -4.98. The first-order valence-corrected chi connectivity index (χ1v) is 19.5. The molecule has 5 aliphatic carbocycles. The number of carbonyl (C=O) groups is 4. The van der Waals surface area contributed by atoms with Crippen LogP contribution in [-0.2, 0) is 38.1 Å². The third-order valence-electron chi connectivity index (χ3n) is 15.9. The number of hydrogen-bond acceptors (Lipinski definition) is 10. The highest BCUT2D eigenvalue weighted by Gasteiger charge is 2.69. The van der Waals surface area contributed by atoms with E-state index in [-0.39, 0.29) is 33.5 Å². The quantitative estimate of drug-likeness (QED) is 0.101. The zero-order chi connectivity index (χ0) is 40.0. The molecule has 6 aliphatic rings. The van der Waals surface area contributed by atoms with Crippen molar-refractivity contribution in [2.45, 2.75) is 156 Å². The van der Waals surface area contributed by atoms with Gasteiger partial charge in [0.2, 0.25) is 0 Å². The minimum atomic E-state index is -2.23. The summed E-state index contributed by atoms with van der Waals surface area (Å²) in [5.41, 5.74) is -0.128. The van der Waals surface area contributed by atoms with E-state index >= 15 is 0 Å². The van der Waals surface area contributed by atoms with E-state index in [1.165, 1.54) is 5.57 Å². The van der Waals surface area contributed by atoms with Crippen LogP contribution >= 0.6 is 0 Å². The molecule has 14 nitrogen and oxygen atoms in total. The van der Waals surface area contributed by atoms with Gasteiger partial charge in [0.15, 0.2) is 12.4 Å². The number of aliphatic hydroxyl groups excluding tert-OH is 2. The average molecular weight is 765 g/mol. The van der Waals surface area contributed by atoms with Crippen LogP contribution in [0.3, 0.4) is 0 Å². The van der Waals surface area contributed by atoms with Gasteiger partial charge in [0.25, 0.3) is 6.29 Å². The molecule has 0 aromatic carbocycles. The summed E-state index contributed by atoms with van der Waals surface area (Å²) in [7, 11) is 0. The van der Waals surface area contributed by atoms with Crippen LogP contribution in [0.1, 0.15) is 113 Å². The predicted octanol–water partition coefficient (Wildman–Crippen LogP) is 4.69. The first kappa shape index (κ1) is 41.0. The Labute approximate surface area is 316 Å².